The van der Waals surface area contributed by atoms with Gasteiger partial charge in [-0.05, 0) is 19.3 Å². The van der Waals surface area contributed by atoms with Crippen LogP contribution in [-0.2, 0) is 9.53 Å². The normalized spacial score (nSPS) is 29.5. The van der Waals surface area contributed by atoms with Crippen molar-refractivity contribution in [2.45, 2.75) is 46.1 Å². The molecule has 2 nitrogen and oxygen atoms in total. The average Bonchev–Trinajstić information content (AvgIpc) is 2.34. The van der Waals surface area contributed by atoms with Gasteiger partial charge in [-0.25, -0.2) is 0 Å². The SMILES string of the molecule is CCC(CC)C1CC(C)OC1=O. The Balaban J connectivity index is 2.56. The van der Waals surface area contributed by atoms with Crippen LogP contribution in [0.3, 0.4) is 0 Å². The summed E-state index contributed by atoms with van der Waals surface area (Å²) in [5.74, 6) is 0.730. The van der Waals surface area contributed by atoms with Crippen molar-refractivity contribution in [3.8, 4) is 0 Å². The third kappa shape index (κ3) is 1.79. The van der Waals surface area contributed by atoms with E-state index in [2.05, 4.69) is 13.8 Å². The molecule has 1 aliphatic heterocycles. The lowest BCUT2D eigenvalue weighted by Gasteiger charge is -2.15. The highest BCUT2D eigenvalue weighted by Gasteiger charge is 2.35. The van der Waals surface area contributed by atoms with Gasteiger partial charge in [-0.15, -0.1) is 0 Å². The molecule has 0 amide bonds. The smallest absolute Gasteiger partial charge is 0.309 e. The molecule has 0 radical (unpaired) electrons. The van der Waals surface area contributed by atoms with Crippen molar-refractivity contribution in [2.24, 2.45) is 11.8 Å². The molecule has 0 bridgehead atoms. The quantitative estimate of drug-likeness (QED) is 0.608. The van der Waals surface area contributed by atoms with Crippen molar-refractivity contribution < 1.29 is 9.53 Å². The summed E-state index contributed by atoms with van der Waals surface area (Å²) in [7, 11) is 0. The number of cyclic esters (lactones) is 1. The van der Waals surface area contributed by atoms with Crippen LogP contribution in [0.2, 0.25) is 0 Å². The predicted octanol–water partition coefficient (Wildman–Crippen LogP) is 2.37. The summed E-state index contributed by atoms with van der Waals surface area (Å²) in [5.41, 5.74) is 0. The minimum Gasteiger partial charge on any atom is -0.462 e. The summed E-state index contributed by atoms with van der Waals surface area (Å²) < 4.78 is 5.12. The molecule has 2 unspecified atom stereocenters. The number of carbonyl (C=O) groups excluding carboxylic acids is 1. The highest BCUT2D eigenvalue weighted by Crippen LogP contribution is 2.31. The van der Waals surface area contributed by atoms with Crippen molar-refractivity contribution in [3.05, 3.63) is 0 Å². The Morgan fingerprint density at radius 1 is 1.50 bits per heavy atom. The monoisotopic (exact) mass is 170 g/mol. The second-order valence-electron chi connectivity index (χ2n) is 3.67. The number of hydrogen-bond acceptors (Lipinski definition) is 2. The molecule has 0 N–H and O–H groups in total. The predicted molar refractivity (Wildman–Crippen MR) is 47.7 cm³/mol. The van der Waals surface area contributed by atoms with Crippen LogP contribution in [0, 0.1) is 11.8 Å². The molecular weight excluding hydrogens is 152 g/mol. The van der Waals surface area contributed by atoms with Gasteiger partial charge in [0.25, 0.3) is 0 Å². The zero-order valence-corrected chi connectivity index (χ0v) is 8.17. The number of ether oxygens (including phenoxy) is 1. The Morgan fingerprint density at radius 2 is 2.08 bits per heavy atom. The molecular formula is C10H18O2. The van der Waals surface area contributed by atoms with Crippen LogP contribution in [0.4, 0.5) is 0 Å². The molecule has 2 heteroatoms. The fourth-order valence-corrected chi connectivity index (χ4v) is 2.03. The molecule has 0 aromatic heterocycles. The van der Waals surface area contributed by atoms with E-state index in [1.165, 1.54) is 0 Å². The largest absolute Gasteiger partial charge is 0.462 e. The maximum Gasteiger partial charge on any atom is 0.309 e. The zero-order valence-electron chi connectivity index (χ0n) is 8.17. The lowest BCUT2D eigenvalue weighted by molar-refractivity contribution is -0.145. The Kier molecular flexibility index (Phi) is 3.12. The first-order valence-electron chi connectivity index (χ1n) is 4.89. The molecule has 70 valence electrons. The number of rotatable bonds is 3. The Labute approximate surface area is 74.3 Å². The van der Waals surface area contributed by atoms with Gasteiger partial charge in [0.1, 0.15) is 0 Å². The van der Waals surface area contributed by atoms with E-state index < -0.39 is 0 Å². The highest BCUT2D eigenvalue weighted by molar-refractivity contribution is 5.74. The van der Waals surface area contributed by atoms with Crippen LogP contribution in [0.25, 0.3) is 0 Å². The molecule has 12 heavy (non-hydrogen) atoms. The Bertz CT molecular complexity index is 161. The molecule has 1 rings (SSSR count). The Morgan fingerprint density at radius 3 is 2.42 bits per heavy atom. The fraction of sp³-hybridized carbons (Fsp3) is 0.900. The third-order valence-electron chi connectivity index (χ3n) is 2.82. The highest BCUT2D eigenvalue weighted by atomic mass is 16.5. The average molecular weight is 170 g/mol. The van der Waals surface area contributed by atoms with Gasteiger partial charge in [-0.3, -0.25) is 4.79 Å². The van der Waals surface area contributed by atoms with Gasteiger partial charge in [-0.2, -0.15) is 0 Å². The van der Waals surface area contributed by atoms with Crippen LogP contribution < -0.4 is 0 Å². The summed E-state index contributed by atoms with van der Waals surface area (Å²) in [4.78, 5) is 11.3. The molecule has 0 aliphatic carbocycles. The molecule has 0 saturated carbocycles. The van der Waals surface area contributed by atoms with Crippen molar-refractivity contribution in [1.29, 1.82) is 0 Å². The van der Waals surface area contributed by atoms with Crippen LogP contribution in [-0.4, -0.2) is 12.1 Å². The minimum atomic E-state index is 0.0243. The lowest BCUT2D eigenvalue weighted by Crippen LogP contribution is -2.18. The molecule has 1 heterocycles. The van der Waals surface area contributed by atoms with Crippen molar-refractivity contribution in [3.63, 3.8) is 0 Å². The molecule has 0 aromatic rings. The van der Waals surface area contributed by atoms with E-state index in [1.54, 1.807) is 0 Å². The van der Waals surface area contributed by atoms with E-state index >= 15 is 0 Å². The van der Waals surface area contributed by atoms with Gasteiger partial charge in [-0.1, -0.05) is 26.7 Å². The zero-order chi connectivity index (χ0) is 9.14. The van der Waals surface area contributed by atoms with E-state index in [4.69, 9.17) is 4.74 Å². The Hall–Kier alpha value is -0.530. The summed E-state index contributed by atoms with van der Waals surface area (Å²) >= 11 is 0. The summed E-state index contributed by atoms with van der Waals surface area (Å²) in [5, 5.41) is 0. The van der Waals surface area contributed by atoms with Gasteiger partial charge in [0.05, 0.1) is 12.0 Å². The lowest BCUT2D eigenvalue weighted by atomic mass is 9.86. The van der Waals surface area contributed by atoms with Gasteiger partial charge in [0.2, 0.25) is 0 Å². The van der Waals surface area contributed by atoms with Gasteiger partial charge in [0, 0.05) is 0 Å². The first-order valence-corrected chi connectivity index (χ1v) is 4.89. The minimum absolute atomic E-state index is 0.0243. The maximum atomic E-state index is 11.3. The van der Waals surface area contributed by atoms with Crippen LogP contribution in [0.5, 0.6) is 0 Å². The summed E-state index contributed by atoms with van der Waals surface area (Å²) in [6, 6.07) is 0. The number of carbonyl (C=O) groups is 1. The van der Waals surface area contributed by atoms with Gasteiger partial charge >= 0.3 is 5.97 Å². The second kappa shape index (κ2) is 3.92. The van der Waals surface area contributed by atoms with E-state index in [-0.39, 0.29) is 18.0 Å². The molecule has 1 saturated heterocycles. The van der Waals surface area contributed by atoms with Crippen LogP contribution in [0.1, 0.15) is 40.0 Å². The molecule has 1 aliphatic rings. The molecule has 0 aromatic carbocycles. The van der Waals surface area contributed by atoms with Gasteiger partial charge < -0.3 is 4.74 Å². The number of esters is 1. The van der Waals surface area contributed by atoms with Crippen molar-refractivity contribution in [1.82, 2.24) is 0 Å². The molecule has 1 fully saturated rings. The first kappa shape index (κ1) is 9.56. The standard InChI is InChI=1S/C10H18O2/c1-4-8(5-2)9-6-7(3)12-10(9)11/h7-9H,4-6H2,1-3H3. The summed E-state index contributed by atoms with van der Waals surface area (Å²) in [6.45, 7) is 6.26. The first-order chi connectivity index (χ1) is 5.69. The van der Waals surface area contributed by atoms with E-state index in [1.807, 2.05) is 6.92 Å². The molecule has 2 atom stereocenters. The van der Waals surface area contributed by atoms with Crippen molar-refractivity contribution in [2.75, 3.05) is 0 Å². The van der Waals surface area contributed by atoms with Crippen molar-refractivity contribution >= 4 is 5.97 Å². The van der Waals surface area contributed by atoms with E-state index in [0.29, 0.717) is 5.92 Å². The maximum absolute atomic E-state index is 11.3. The van der Waals surface area contributed by atoms with Crippen LogP contribution >= 0.6 is 0 Å². The fourth-order valence-electron chi connectivity index (χ4n) is 2.03. The number of hydrogen-bond donors (Lipinski definition) is 0. The van der Waals surface area contributed by atoms with Gasteiger partial charge in [0.15, 0.2) is 0 Å². The van der Waals surface area contributed by atoms with Crippen LogP contribution in [0.15, 0.2) is 0 Å². The summed E-state index contributed by atoms with van der Waals surface area (Å²) in [6.07, 6.45) is 3.24. The second-order valence-corrected chi connectivity index (χ2v) is 3.67. The molecule has 0 spiro atoms. The third-order valence-corrected chi connectivity index (χ3v) is 2.82. The van der Waals surface area contributed by atoms with E-state index in [0.717, 1.165) is 19.3 Å². The topological polar surface area (TPSA) is 26.3 Å². The van der Waals surface area contributed by atoms with E-state index in [9.17, 15) is 4.79 Å².